The van der Waals surface area contributed by atoms with E-state index in [1.807, 2.05) is 12.3 Å². The third-order valence-corrected chi connectivity index (χ3v) is 4.98. The van der Waals surface area contributed by atoms with E-state index in [9.17, 15) is 0 Å². The van der Waals surface area contributed by atoms with Gasteiger partial charge < -0.3 is 10.6 Å². The molecule has 1 heterocycles. The zero-order chi connectivity index (χ0) is 15.5. The number of fused-ring (bicyclic) bond motifs is 1. The van der Waals surface area contributed by atoms with Crippen molar-refractivity contribution >= 4 is 10.9 Å². The number of aromatic nitrogens is 1. The number of hydrogen-bond donors (Lipinski definition) is 1. The van der Waals surface area contributed by atoms with Crippen LogP contribution in [0.5, 0.6) is 0 Å². The smallest absolute Gasteiger partial charge is 0.0704 e. The minimum absolute atomic E-state index is 0.0460. The quantitative estimate of drug-likeness (QED) is 0.886. The molecule has 2 rings (SSSR count). The van der Waals surface area contributed by atoms with Crippen LogP contribution >= 0.6 is 0 Å². The van der Waals surface area contributed by atoms with E-state index in [0.29, 0.717) is 0 Å². The highest BCUT2D eigenvalue weighted by Gasteiger charge is 2.35. The molecule has 1 unspecified atom stereocenters. The van der Waals surface area contributed by atoms with Gasteiger partial charge in [-0.25, -0.2) is 0 Å². The summed E-state index contributed by atoms with van der Waals surface area (Å²) in [5, 5.41) is 1.22. The number of hydrogen-bond acceptors (Lipinski definition) is 3. The van der Waals surface area contributed by atoms with E-state index in [4.69, 9.17) is 5.73 Å². The molecule has 0 bridgehead atoms. The molecule has 1 aromatic heterocycles. The Morgan fingerprint density at radius 3 is 2.43 bits per heavy atom. The maximum absolute atomic E-state index is 6.64. The predicted molar refractivity (Wildman–Crippen MR) is 90.4 cm³/mol. The molecule has 2 N–H and O–H groups in total. The first-order valence-corrected chi connectivity index (χ1v) is 7.80. The van der Waals surface area contributed by atoms with Crippen LogP contribution in [0.25, 0.3) is 10.9 Å². The fraction of sp³-hybridized carbons (Fsp3) is 0.500. The first kappa shape index (κ1) is 15.9. The van der Waals surface area contributed by atoms with E-state index in [-0.39, 0.29) is 11.6 Å². The number of nitrogens with two attached hydrogens (primary N) is 1. The molecule has 0 aliphatic heterocycles. The monoisotopic (exact) mass is 285 g/mol. The van der Waals surface area contributed by atoms with Crippen molar-refractivity contribution in [3.8, 4) is 0 Å². The first-order valence-electron chi connectivity index (χ1n) is 7.80. The Morgan fingerprint density at radius 2 is 1.81 bits per heavy atom. The molecule has 0 saturated heterocycles. The Labute approximate surface area is 128 Å². The molecule has 1 atom stereocenters. The van der Waals surface area contributed by atoms with Gasteiger partial charge in [0, 0.05) is 23.2 Å². The fourth-order valence-corrected chi connectivity index (χ4v) is 3.50. The number of nitrogens with zero attached hydrogens (tertiary/aromatic N) is 2. The molecule has 1 aromatic carbocycles. The van der Waals surface area contributed by atoms with Gasteiger partial charge in [0.25, 0.3) is 0 Å². The lowest BCUT2D eigenvalue weighted by Gasteiger charge is -2.43. The first-order chi connectivity index (χ1) is 10.0. The SMILES string of the molecule is CCC(CC)(C(N)Cc1ccnc2ccccc12)N(C)C. The molecule has 0 saturated carbocycles. The van der Waals surface area contributed by atoms with Crippen LogP contribution in [-0.4, -0.2) is 35.6 Å². The summed E-state index contributed by atoms with van der Waals surface area (Å²) in [6.07, 6.45) is 4.88. The van der Waals surface area contributed by atoms with Crippen molar-refractivity contribution in [2.75, 3.05) is 14.1 Å². The largest absolute Gasteiger partial charge is 0.326 e. The number of pyridine rings is 1. The molecule has 114 valence electrons. The van der Waals surface area contributed by atoms with Gasteiger partial charge in [-0.15, -0.1) is 0 Å². The van der Waals surface area contributed by atoms with Crippen LogP contribution in [0.4, 0.5) is 0 Å². The molecule has 0 radical (unpaired) electrons. The molecule has 2 aromatic rings. The topological polar surface area (TPSA) is 42.1 Å². The molecule has 0 spiro atoms. The van der Waals surface area contributed by atoms with Gasteiger partial charge in [0.15, 0.2) is 0 Å². The van der Waals surface area contributed by atoms with E-state index in [1.165, 1.54) is 10.9 Å². The summed E-state index contributed by atoms with van der Waals surface area (Å²) in [5.41, 5.74) is 9.02. The summed E-state index contributed by atoms with van der Waals surface area (Å²) in [7, 11) is 4.27. The molecular weight excluding hydrogens is 258 g/mol. The van der Waals surface area contributed by atoms with Crippen LogP contribution in [0.2, 0.25) is 0 Å². The van der Waals surface area contributed by atoms with Crippen LogP contribution < -0.4 is 5.73 Å². The summed E-state index contributed by atoms with van der Waals surface area (Å²) >= 11 is 0. The minimum Gasteiger partial charge on any atom is -0.326 e. The number of benzene rings is 1. The van der Waals surface area contributed by atoms with Crippen LogP contribution in [0.3, 0.4) is 0 Å². The molecule has 0 aliphatic carbocycles. The maximum Gasteiger partial charge on any atom is 0.0704 e. The van der Waals surface area contributed by atoms with Gasteiger partial charge >= 0.3 is 0 Å². The highest BCUT2D eigenvalue weighted by Crippen LogP contribution is 2.28. The predicted octanol–water partition coefficient (Wildman–Crippen LogP) is 3.23. The Balaban J connectivity index is 2.35. The van der Waals surface area contributed by atoms with E-state index < -0.39 is 0 Å². The van der Waals surface area contributed by atoms with Gasteiger partial charge in [0.2, 0.25) is 0 Å². The summed E-state index contributed by atoms with van der Waals surface area (Å²) in [6, 6.07) is 10.5. The van der Waals surface area contributed by atoms with Crippen molar-refractivity contribution in [1.82, 2.24) is 9.88 Å². The van der Waals surface area contributed by atoms with Crippen LogP contribution in [0.15, 0.2) is 36.5 Å². The van der Waals surface area contributed by atoms with Crippen molar-refractivity contribution in [3.63, 3.8) is 0 Å². The van der Waals surface area contributed by atoms with E-state index in [1.54, 1.807) is 0 Å². The Morgan fingerprint density at radius 1 is 1.14 bits per heavy atom. The van der Waals surface area contributed by atoms with Crippen molar-refractivity contribution in [2.45, 2.75) is 44.7 Å². The minimum atomic E-state index is 0.0460. The third-order valence-electron chi connectivity index (χ3n) is 4.98. The van der Waals surface area contributed by atoms with Gasteiger partial charge in [-0.05, 0) is 51.1 Å². The van der Waals surface area contributed by atoms with Gasteiger partial charge in [-0.3, -0.25) is 4.98 Å². The van der Waals surface area contributed by atoms with Gasteiger partial charge in [-0.2, -0.15) is 0 Å². The number of para-hydroxylation sites is 1. The Kier molecular flexibility index (Phi) is 4.96. The second kappa shape index (κ2) is 6.54. The normalized spacial score (nSPS) is 13.8. The van der Waals surface area contributed by atoms with Gasteiger partial charge in [0.05, 0.1) is 5.52 Å². The lowest BCUT2D eigenvalue weighted by atomic mass is 9.80. The average Bonchev–Trinajstić information content (AvgIpc) is 2.49. The zero-order valence-corrected chi connectivity index (χ0v) is 13.6. The molecule has 3 heteroatoms. The van der Waals surface area contributed by atoms with Gasteiger partial charge in [-0.1, -0.05) is 32.0 Å². The van der Waals surface area contributed by atoms with Crippen molar-refractivity contribution in [3.05, 3.63) is 42.1 Å². The summed E-state index contributed by atoms with van der Waals surface area (Å²) in [5.74, 6) is 0. The molecule has 3 nitrogen and oxygen atoms in total. The molecular formula is C18H27N3. The molecule has 21 heavy (non-hydrogen) atoms. The van der Waals surface area contributed by atoms with E-state index in [2.05, 4.69) is 62.1 Å². The van der Waals surface area contributed by atoms with Crippen molar-refractivity contribution < 1.29 is 0 Å². The highest BCUT2D eigenvalue weighted by atomic mass is 15.2. The van der Waals surface area contributed by atoms with Crippen molar-refractivity contribution in [1.29, 1.82) is 0 Å². The maximum atomic E-state index is 6.64. The third kappa shape index (κ3) is 2.94. The Bertz CT molecular complexity index is 583. The van der Waals surface area contributed by atoms with Gasteiger partial charge in [0.1, 0.15) is 0 Å². The molecule has 0 aliphatic rings. The van der Waals surface area contributed by atoms with E-state index in [0.717, 1.165) is 24.8 Å². The average molecular weight is 285 g/mol. The van der Waals surface area contributed by atoms with Crippen molar-refractivity contribution in [2.24, 2.45) is 5.73 Å². The number of likely N-dealkylation sites (N-methyl/N-ethyl adjacent to an activating group) is 1. The molecule has 0 fully saturated rings. The van der Waals surface area contributed by atoms with Crippen LogP contribution in [-0.2, 0) is 6.42 Å². The highest BCUT2D eigenvalue weighted by molar-refractivity contribution is 5.81. The van der Waals surface area contributed by atoms with Crippen LogP contribution in [0, 0.1) is 0 Å². The second-order valence-corrected chi connectivity index (χ2v) is 6.00. The number of rotatable bonds is 6. The second-order valence-electron chi connectivity index (χ2n) is 6.00. The fourth-order valence-electron chi connectivity index (χ4n) is 3.50. The molecule has 0 amide bonds. The summed E-state index contributed by atoms with van der Waals surface area (Å²) < 4.78 is 0. The standard InChI is InChI=1S/C18H27N3/c1-5-18(6-2,21(3)4)17(19)13-14-11-12-20-16-10-8-7-9-15(14)16/h7-12,17H,5-6,13,19H2,1-4H3. The summed E-state index contributed by atoms with van der Waals surface area (Å²) in [4.78, 5) is 6.73. The lowest BCUT2D eigenvalue weighted by molar-refractivity contribution is 0.106. The van der Waals surface area contributed by atoms with E-state index >= 15 is 0 Å². The Hall–Kier alpha value is -1.45. The zero-order valence-electron chi connectivity index (χ0n) is 13.6. The lowest BCUT2D eigenvalue weighted by Crippen LogP contribution is -2.57. The summed E-state index contributed by atoms with van der Waals surface area (Å²) in [6.45, 7) is 4.46. The van der Waals surface area contributed by atoms with Crippen LogP contribution in [0.1, 0.15) is 32.3 Å².